The molecule has 104 valence electrons. The van der Waals surface area contributed by atoms with Gasteiger partial charge < -0.3 is 9.38 Å². The normalized spacial score (nSPS) is 10.7. The van der Waals surface area contributed by atoms with Crippen LogP contribution < -0.4 is 5.56 Å². The lowest BCUT2D eigenvalue weighted by molar-refractivity contribution is 1.01. The highest BCUT2D eigenvalue weighted by atomic mass is 16.1. The van der Waals surface area contributed by atoms with Crippen LogP contribution in [0.15, 0.2) is 35.4 Å². The van der Waals surface area contributed by atoms with Gasteiger partial charge in [-0.1, -0.05) is 6.92 Å². The van der Waals surface area contributed by atoms with Crippen molar-refractivity contribution in [3.05, 3.63) is 57.9 Å². The Morgan fingerprint density at radius 2 is 2.19 bits per heavy atom. The number of nitriles is 1. The van der Waals surface area contributed by atoms with Crippen LogP contribution in [0.5, 0.6) is 0 Å². The Kier molecular flexibility index (Phi) is 3.07. The van der Waals surface area contributed by atoms with E-state index in [0.29, 0.717) is 6.42 Å². The van der Waals surface area contributed by atoms with Gasteiger partial charge in [-0.15, -0.1) is 0 Å². The molecule has 0 bridgehead atoms. The van der Waals surface area contributed by atoms with E-state index in [1.165, 1.54) is 0 Å². The number of hydrogen-bond donors (Lipinski definition) is 1. The van der Waals surface area contributed by atoms with Crippen LogP contribution in [0, 0.1) is 18.3 Å². The number of aromatic nitrogens is 3. The van der Waals surface area contributed by atoms with E-state index in [1.54, 1.807) is 6.07 Å². The number of aryl methyl sites for hydroxylation is 2. The monoisotopic (exact) mass is 278 g/mol. The molecule has 0 spiro atoms. The smallest absolute Gasteiger partial charge is 0.266 e. The minimum atomic E-state index is -0.336. The average Bonchev–Trinajstić information content (AvgIpc) is 2.85. The van der Waals surface area contributed by atoms with Crippen molar-refractivity contribution in [1.82, 2.24) is 14.4 Å². The summed E-state index contributed by atoms with van der Waals surface area (Å²) in [6, 6.07) is 7.47. The summed E-state index contributed by atoms with van der Waals surface area (Å²) in [4.78, 5) is 18.9. The number of H-pyrrole nitrogens is 1. The molecule has 0 aromatic carbocycles. The third-order valence-corrected chi connectivity index (χ3v) is 3.48. The lowest BCUT2D eigenvalue weighted by atomic mass is 10.0. The first kappa shape index (κ1) is 13.1. The number of rotatable bonds is 2. The van der Waals surface area contributed by atoms with Gasteiger partial charge in [0.2, 0.25) is 0 Å². The molecule has 3 rings (SSSR count). The van der Waals surface area contributed by atoms with Crippen LogP contribution in [0.2, 0.25) is 0 Å². The van der Waals surface area contributed by atoms with Crippen LogP contribution in [0.3, 0.4) is 0 Å². The molecule has 0 unspecified atom stereocenters. The standard InChI is InChI=1S/C16H14N4O/c1-3-14-13(6-12(7-17)16(21)19-14)11-4-5-15-18-10(2)8-20(15)9-11/h4-6,8-9H,3H2,1-2H3,(H,19,21). The lowest BCUT2D eigenvalue weighted by Gasteiger charge is -2.09. The van der Waals surface area contributed by atoms with Crippen molar-refractivity contribution < 1.29 is 0 Å². The highest BCUT2D eigenvalue weighted by Crippen LogP contribution is 2.23. The maximum atomic E-state index is 11.7. The highest BCUT2D eigenvalue weighted by molar-refractivity contribution is 5.68. The first-order valence-corrected chi connectivity index (χ1v) is 6.74. The minimum Gasteiger partial charge on any atom is -0.324 e. The van der Waals surface area contributed by atoms with Gasteiger partial charge in [-0.25, -0.2) is 4.98 Å². The van der Waals surface area contributed by atoms with Gasteiger partial charge in [0.15, 0.2) is 0 Å². The van der Waals surface area contributed by atoms with E-state index in [0.717, 1.165) is 28.2 Å². The molecule has 3 aromatic rings. The Balaban J connectivity index is 2.25. The highest BCUT2D eigenvalue weighted by Gasteiger charge is 2.10. The van der Waals surface area contributed by atoms with Gasteiger partial charge >= 0.3 is 0 Å². The van der Waals surface area contributed by atoms with E-state index in [9.17, 15) is 4.79 Å². The molecule has 3 heterocycles. The average molecular weight is 278 g/mol. The Morgan fingerprint density at radius 1 is 1.38 bits per heavy atom. The molecule has 0 saturated heterocycles. The molecule has 5 nitrogen and oxygen atoms in total. The number of fused-ring (bicyclic) bond motifs is 1. The second kappa shape index (κ2) is 4.91. The second-order valence-electron chi connectivity index (χ2n) is 4.94. The summed E-state index contributed by atoms with van der Waals surface area (Å²) in [6.45, 7) is 3.92. The van der Waals surface area contributed by atoms with Crippen molar-refractivity contribution >= 4 is 5.65 Å². The Morgan fingerprint density at radius 3 is 2.90 bits per heavy atom. The van der Waals surface area contributed by atoms with Gasteiger partial charge in [-0.2, -0.15) is 5.26 Å². The van der Waals surface area contributed by atoms with Crippen LogP contribution in [0.25, 0.3) is 16.8 Å². The van der Waals surface area contributed by atoms with Crippen molar-refractivity contribution in [2.75, 3.05) is 0 Å². The third-order valence-electron chi connectivity index (χ3n) is 3.48. The summed E-state index contributed by atoms with van der Waals surface area (Å²) in [7, 11) is 0. The fraction of sp³-hybridized carbons (Fsp3) is 0.188. The van der Waals surface area contributed by atoms with E-state index >= 15 is 0 Å². The molecule has 1 N–H and O–H groups in total. The fourth-order valence-corrected chi connectivity index (χ4v) is 2.47. The van der Waals surface area contributed by atoms with Crippen LogP contribution in [-0.4, -0.2) is 14.4 Å². The number of nitrogens with one attached hydrogen (secondary N) is 1. The molecule has 3 aromatic heterocycles. The van der Waals surface area contributed by atoms with Crippen molar-refractivity contribution in [1.29, 1.82) is 5.26 Å². The summed E-state index contributed by atoms with van der Waals surface area (Å²) in [5, 5.41) is 9.04. The number of imidazole rings is 1. The molecule has 0 aliphatic rings. The fourth-order valence-electron chi connectivity index (χ4n) is 2.47. The summed E-state index contributed by atoms with van der Waals surface area (Å²) in [5.41, 5.74) is 4.27. The van der Waals surface area contributed by atoms with E-state index in [4.69, 9.17) is 5.26 Å². The molecule has 0 aliphatic heterocycles. The molecule has 5 heteroatoms. The third kappa shape index (κ3) is 2.21. The van der Waals surface area contributed by atoms with E-state index in [2.05, 4.69) is 9.97 Å². The quantitative estimate of drug-likeness (QED) is 0.782. The van der Waals surface area contributed by atoms with Crippen molar-refractivity contribution in [2.45, 2.75) is 20.3 Å². The molecule has 0 amide bonds. The van der Waals surface area contributed by atoms with Crippen LogP contribution >= 0.6 is 0 Å². The zero-order chi connectivity index (χ0) is 15.0. The first-order chi connectivity index (χ1) is 10.1. The predicted molar refractivity (Wildman–Crippen MR) is 80.1 cm³/mol. The zero-order valence-corrected chi connectivity index (χ0v) is 11.8. The number of nitrogens with zero attached hydrogens (tertiary/aromatic N) is 3. The van der Waals surface area contributed by atoms with Crippen molar-refractivity contribution in [3.8, 4) is 17.2 Å². The molecular weight excluding hydrogens is 264 g/mol. The summed E-state index contributed by atoms with van der Waals surface area (Å²) in [6.07, 6.45) is 4.60. The van der Waals surface area contributed by atoms with Gasteiger partial charge in [0.1, 0.15) is 17.3 Å². The molecule has 0 aliphatic carbocycles. The van der Waals surface area contributed by atoms with E-state index in [1.807, 2.05) is 48.8 Å². The van der Waals surface area contributed by atoms with Crippen LogP contribution in [0.1, 0.15) is 23.9 Å². The molecule has 0 radical (unpaired) electrons. The predicted octanol–water partition coefficient (Wildman–Crippen LogP) is 2.43. The van der Waals surface area contributed by atoms with Gasteiger partial charge in [-0.05, 0) is 31.5 Å². The maximum absolute atomic E-state index is 11.7. The van der Waals surface area contributed by atoms with Crippen LogP contribution in [-0.2, 0) is 6.42 Å². The largest absolute Gasteiger partial charge is 0.324 e. The summed E-state index contributed by atoms with van der Waals surface area (Å²) >= 11 is 0. The molecule has 0 saturated carbocycles. The maximum Gasteiger partial charge on any atom is 0.266 e. The molecule has 0 fully saturated rings. The molecular formula is C16H14N4O. The zero-order valence-electron chi connectivity index (χ0n) is 11.8. The Labute approximate surface area is 121 Å². The number of aromatic amines is 1. The van der Waals surface area contributed by atoms with Crippen molar-refractivity contribution in [3.63, 3.8) is 0 Å². The molecule has 0 atom stereocenters. The van der Waals surface area contributed by atoms with E-state index in [-0.39, 0.29) is 11.1 Å². The van der Waals surface area contributed by atoms with Gasteiger partial charge in [0, 0.05) is 29.2 Å². The summed E-state index contributed by atoms with van der Waals surface area (Å²) in [5.74, 6) is 0. The minimum absolute atomic E-state index is 0.129. The van der Waals surface area contributed by atoms with Crippen molar-refractivity contribution in [2.24, 2.45) is 0 Å². The van der Waals surface area contributed by atoms with Crippen LogP contribution in [0.4, 0.5) is 0 Å². The van der Waals surface area contributed by atoms with E-state index < -0.39 is 0 Å². The summed E-state index contributed by atoms with van der Waals surface area (Å²) < 4.78 is 1.95. The lowest BCUT2D eigenvalue weighted by Crippen LogP contribution is -2.13. The van der Waals surface area contributed by atoms with Gasteiger partial charge in [-0.3, -0.25) is 4.79 Å². The Bertz CT molecular complexity index is 928. The van der Waals surface area contributed by atoms with Gasteiger partial charge in [0.25, 0.3) is 5.56 Å². The van der Waals surface area contributed by atoms with Gasteiger partial charge in [0.05, 0.1) is 5.69 Å². The SMILES string of the molecule is CCc1[nH]c(=O)c(C#N)cc1-c1ccc2nc(C)cn2c1. The molecule has 21 heavy (non-hydrogen) atoms. The number of hydrogen-bond acceptors (Lipinski definition) is 3. The topological polar surface area (TPSA) is 73.9 Å². The first-order valence-electron chi connectivity index (χ1n) is 6.74. The number of pyridine rings is 2. The second-order valence-corrected chi connectivity index (χ2v) is 4.94. The Hall–Kier alpha value is -2.87.